The van der Waals surface area contributed by atoms with E-state index in [1.807, 2.05) is 43.3 Å². The first-order valence-electron chi connectivity index (χ1n) is 8.63. The van der Waals surface area contributed by atoms with Crippen LogP contribution >= 0.6 is 11.6 Å². The Morgan fingerprint density at radius 2 is 1.92 bits per heavy atom. The van der Waals surface area contributed by atoms with Crippen LogP contribution in [0.2, 0.25) is 5.02 Å². The summed E-state index contributed by atoms with van der Waals surface area (Å²) in [5.74, 6) is 0.519. The smallest absolute Gasteiger partial charge is 0.274 e. The zero-order chi connectivity index (χ0) is 18.7. The summed E-state index contributed by atoms with van der Waals surface area (Å²) in [7, 11) is 1.62. The molecule has 1 amide bonds. The maximum absolute atomic E-state index is 12.8. The quantitative estimate of drug-likeness (QED) is 0.667. The maximum Gasteiger partial charge on any atom is 0.274 e. The summed E-state index contributed by atoms with van der Waals surface area (Å²) < 4.78 is 5.22. The average Bonchev–Trinajstić information content (AvgIpc) is 2.67. The molecule has 0 aliphatic rings. The van der Waals surface area contributed by atoms with Crippen molar-refractivity contribution in [2.75, 3.05) is 12.4 Å². The van der Waals surface area contributed by atoms with Gasteiger partial charge in [0.25, 0.3) is 5.91 Å². The van der Waals surface area contributed by atoms with E-state index in [9.17, 15) is 4.79 Å². The SMILES string of the molecule is CCc1ccc(Cl)c(CC)c1NC(=O)c1ccc2cc(OC)ccc2n1. The zero-order valence-corrected chi connectivity index (χ0v) is 15.9. The van der Waals surface area contributed by atoms with E-state index >= 15 is 0 Å². The van der Waals surface area contributed by atoms with E-state index in [0.29, 0.717) is 10.7 Å². The summed E-state index contributed by atoms with van der Waals surface area (Å²) >= 11 is 6.32. The molecule has 0 radical (unpaired) electrons. The number of nitrogens with one attached hydrogen (secondary N) is 1. The Balaban J connectivity index is 1.96. The van der Waals surface area contributed by atoms with Crippen molar-refractivity contribution in [3.63, 3.8) is 0 Å². The highest BCUT2D eigenvalue weighted by atomic mass is 35.5. The molecule has 0 bridgehead atoms. The van der Waals surface area contributed by atoms with Gasteiger partial charge in [-0.2, -0.15) is 0 Å². The molecule has 134 valence electrons. The Morgan fingerprint density at radius 3 is 2.62 bits per heavy atom. The highest BCUT2D eigenvalue weighted by Crippen LogP contribution is 2.30. The number of anilines is 1. The maximum atomic E-state index is 12.8. The van der Waals surface area contributed by atoms with E-state index in [4.69, 9.17) is 16.3 Å². The zero-order valence-electron chi connectivity index (χ0n) is 15.1. The van der Waals surface area contributed by atoms with Crippen LogP contribution in [0, 0.1) is 0 Å². The van der Waals surface area contributed by atoms with E-state index < -0.39 is 0 Å². The van der Waals surface area contributed by atoms with Crippen LogP contribution in [0.3, 0.4) is 0 Å². The fraction of sp³-hybridized carbons (Fsp3) is 0.238. The second-order valence-corrected chi connectivity index (χ2v) is 6.38. The van der Waals surface area contributed by atoms with Crippen molar-refractivity contribution in [3.05, 3.63) is 64.3 Å². The first-order chi connectivity index (χ1) is 12.6. The third-order valence-corrected chi connectivity index (χ3v) is 4.80. The Hall–Kier alpha value is -2.59. The van der Waals surface area contributed by atoms with E-state index in [-0.39, 0.29) is 5.91 Å². The monoisotopic (exact) mass is 368 g/mol. The first kappa shape index (κ1) is 18.2. The predicted molar refractivity (Wildman–Crippen MR) is 106 cm³/mol. The minimum atomic E-state index is -0.241. The molecule has 3 rings (SSSR count). The number of rotatable bonds is 5. The highest BCUT2D eigenvalue weighted by molar-refractivity contribution is 6.32. The molecular weight excluding hydrogens is 348 g/mol. The van der Waals surface area contributed by atoms with Crippen LogP contribution in [0.5, 0.6) is 5.75 Å². The number of carbonyl (C=O) groups is 1. The lowest BCUT2D eigenvalue weighted by molar-refractivity contribution is 0.102. The number of ether oxygens (including phenoxy) is 1. The number of aromatic nitrogens is 1. The molecule has 0 saturated heterocycles. The van der Waals surface area contributed by atoms with Crippen LogP contribution in [0.4, 0.5) is 5.69 Å². The first-order valence-corrected chi connectivity index (χ1v) is 9.01. The van der Waals surface area contributed by atoms with Gasteiger partial charge in [0.2, 0.25) is 0 Å². The third kappa shape index (κ3) is 3.51. The molecule has 3 aromatic rings. The van der Waals surface area contributed by atoms with E-state index in [1.54, 1.807) is 13.2 Å². The van der Waals surface area contributed by atoms with Crippen LogP contribution in [-0.2, 0) is 12.8 Å². The number of pyridine rings is 1. The minimum Gasteiger partial charge on any atom is -0.497 e. The Bertz CT molecular complexity index is 970. The lowest BCUT2D eigenvalue weighted by Crippen LogP contribution is -2.16. The van der Waals surface area contributed by atoms with Gasteiger partial charge >= 0.3 is 0 Å². The number of amides is 1. The van der Waals surface area contributed by atoms with Gasteiger partial charge in [-0.05, 0) is 54.3 Å². The Labute approximate surface area is 158 Å². The van der Waals surface area contributed by atoms with E-state index in [0.717, 1.165) is 46.3 Å². The van der Waals surface area contributed by atoms with Crippen LogP contribution < -0.4 is 10.1 Å². The third-order valence-electron chi connectivity index (χ3n) is 4.44. The predicted octanol–water partition coefficient (Wildman–Crippen LogP) is 5.27. The molecule has 0 atom stereocenters. The van der Waals surface area contributed by atoms with Crippen molar-refractivity contribution in [1.29, 1.82) is 0 Å². The molecule has 0 spiro atoms. The molecule has 5 heteroatoms. The number of hydrogen-bond acceptors (Lipinski definition) is 3. The summed E-state index contributed by atoms with van der Waals surface area (Å²) in [6.45, 7) is 4.08. The summed E-state index contributed by atoms with van der Waals surface area (Å²) in [5, 5.41) is 4.60. The summed E-state index contributed by atoms with van der Waals surface area (Å²) in [6.07, 6.45) is 1.55. The fourth-order valence-electron chi connectivity index (χ4n) is 3.00. The number of halogens is 1. The number of methoxy groups -OCH3 is 1. The molecule has 26 heavy (non-hydrogen) atoms. The number of fused-ring (bicyclic) bond motifs is 1. The molecule has 0 unspecified atom stereocenters. The van der Waals surface area contributed by atoms with Crippen molar-refractivity contribution in [2.24, 2.45) is 0 Å². The van der Waals surface area contributed by atoms with Crippen LogP contribution in [-0.4, -0.2) is 18.0 Å². The van der Waals surface area contributed by atoms with Gasteiger partial charge in [0.1, 0.15) is 11.4 Å². The van der Waals surface area contributed by atoms with Crippen molar-refractivity contribution >= 4 is 34.1 Å². The van der Waals surface area contributed by atoms with E-state index in [1.165, 1.54) is 0 Å². The van der Waals surface area contributed by atoms with Crippen LogP contribution in [0.1, 0.15) is 35.5 Å². The van der Waals surface area contributed by atoms with Crippen molar-refractivity contribution in [3.8, 4) is 5.75 Å². The van der Waals surface area contributed by atoms with Gasteiger partial charge in [0.05, 0.1) is 12.6 Å². The lowest BCUT2D eigenvalue weighted by Gasteiger charge is -2.16. The largest absolute Gasteiger partial charge is 0.497 e. The van der Waals surface area contributed by atoms with Crippen molar-refractivity contribution in [1.82, 2.24) is 4.98 Å². The van der Waals surface area contributed by atoms with E-state index in [2.05, 4.69) is 17.2 Å². The molecular formula is C21H21ClN2O2. The van der Waals surface area contributed by atoms with Gasteiger partial charge in [-0.15, -0.1) is 0 Å². The molecule has 0 saturated carbocycles. The molecule has 0 aliphatic heterocycles. The Kier molecular flexibility index (Phi) is 5.43. The van der Waals surface area contributed by atoms with Gasteiger partial charge in [-0.3, -0.25) is 4.79 Å². The minimum absolute atomic E-state index is 0.241. The van der Waals surface area contributed by atoms with Gasteiger partial charge in [0.15, 0.2) is 0 Å². The second-order valence-electron chi connectivity index (χ2n) is 5.98. The molecule has 0 fully saturated rings. The average molecular weight is 369 g/mol. The number of nitrogens with zero attached hydrogens (tertiary/aromatic N) is 1. The summed E-state index contributed by atoms with van der Waals surface area (Å²) in [4.78, 5) is 17.3. The van der Waals surface area contributed by atoms with Crippen molar-refractivity contribution < 1.29 is 9.53 Å². The van der Waals surface area contributed by atoms with Gasteiger partial charge in [0, 0.05) is 16.1 Å². The molecule has 0 aliphatic carbocycles. The van der Waals surface area contributed by atoms with Gasteiger partial charge in [-0.1, -0.05) is 37.6 Å². The molecule has 2 aromatic carbocycles. The summed E-state index contributed by atoms with van der Waals surface area (Å²) in [5.41, 5.74) is 3.92. The second kappa shape index (κ2) is 7.75. The van der Waals surface area contributed by atoms with Gasteiger partial charge in [-0.25, -0.2) is 4.98 Å². The lowest BCUT2D eigenvalue weighted by atomic mass is 10.0. The number of aryl methyl sites for hydroxylation is 1. The topological polar surface area (TPSA) is 51.2 Å². The van der Waals surface area contributed by atoms with Crippen LogP contribution in [0.25, 0.3) is 10.9 Å². The summed E-state index contributed by atoms with van der Waals surface area (Å²) in [6, 6.07) is 13.0. The molecule has 4 nitrogen and oxygen atoms in total. The molecule has 1 aromatic heterocycles. The standard InChI is InChI=1S/C21H21ClN2O2/c1-4-13-6-9-17(22)16(5-2)20(13)24-21(25)19-10-7-14-12-15(26-3)8-11-18(14)23-19/h6-12H,4-5H2,1-3H3,(H,24,25). The Morgan fingerprint density at radius 1 is 1.12 bits per heavy atom. The number of carbonyl (C=O) groups excluding carboxylic acids is 1. The van der Waals surface area contributed by atoms with Gasteiger partial charge < -0.3 is 10.1 Å². The highest BCUT2D eigenvalue weighted by Gasteiger charge is 2.15. The van der Waals surface area contributed by atoms with Crippen molar-refractivity contribution in [2.45, 2.75) is 26.7 Å². The number of hydrogen-bond donors (Lipinski definition) is 1. The molecule has 1 heterocycles. The fourth-order valence-corrected chi connectivity index (χ4v) is 3.29. The molecule has 1 N–H and O–H groups in total. The van der Waals surface area contributed by atoms with Crippen LogP contribution in [0.15, 0.2) is 42.5 Å². The normalized spacial score (nSPS) is 10.8. The number of benzene rings is 2.